The van der Waals surface area contributed by atoms with Gasteiger partial charge in [-0.3, -0.25) is 19.2 Å². The number of hydrogen-bond acceptors (Lipinski definition) is 17. The maximum absolute atomic E-state index is 17.6. The molecule has 0 amide bonds. The van der Waals surface area contributed by atoms with Gasteiger partial charge in [-0.25, -0.2) is 4.39 Å². The van der Waals surface area contributed by atoms with Gasteiger partial charge in [0.05, 0.1) is 12.7 Å². The van der Waals surface area contributed by atoms with Gasteiger partial charge in [0, 0.05) is 29.6 Å². The average molecular weight is 760 g/mol. The minimum absolute atomic E-state index is 0.0412. The molecule has 20 nitrogen and oxygen atoms in total. The third-order valence-electron chi connectivity index (χ3n) is 11.4. The number of fused-ring (bicyclic) bond motifs is 5. The number of unbranched alkanes of at least 4 members (excludes halogenated alkanes) is 1. The fourth-order valence-electron chi connectivity index (χ4n) is 8.94. The van der Waals surface area contributed by atoms with Crippen LogP contribution in [0, 0.1) is 53.0 Å². The molecule has 4 rings (SSSR count). The summed E-state index contributed by atoms with van der Waals surface area (Å²) in [5.74, 6) is -5.23. The summed E-state index contributed by atoms with van der Waals surface area (Å²) in [6.07, 6.45) is -2.19. The molecule has 3 saturated carbocycles. The first-order valence-corrected chi connectivity index (χ1v) is 17.1. The van der Waals surface area contributed by atoms with Crippen molar-refractivity contribution in [1.29, 1.82) is 0 Å². The van der Waals surface area contributed by atoms with E-state index in [1.54, 1.807) is 6.92 Å². The number of esters is 2. The van der Waals surface area contributed by atoms with Crippen LogP contribution in [0.1, 0.15) is 78.1 Å². The number of halogens is 1. The Morgan fingerprint density at radius 3 is 2.30 bits per heavy atom. The molecule has 53 heavy (non-hydrogen) atoms. The fraction of sp³-hybridized carbons (Fsp3) is 0.750. The maximum Gasteiger partial charge on any atom is 0.306 e. The number of ether oxygens (including phenoxy) is 2. The van der Waals surface area contributed by atoms with Crippen molar-refractivity contribution in [2.75, 3.05) is 19.8 Å². The molecule has 2 N–H and O–H groups in total. The zero-order chi connectivity index (χ0) is 39.4. The molecule has 9 atom stereocenters. The predicted molar refractivity (Wildman–Crippen MR) is 170 cm³/mol. The summed E-state index contributed by atoms with van der Waals surface area (Å²) in [7, 11) is 0. The molecule has 0 bridgehead atoms. The first-order chi connectivity index (χ1) is 24.8. The quantitative estimate of drug-likeness (QED) is 0.0824. The zero-order valence-corrected chi connectivity index (χ0v) is 29.0. The number of aliphatic hydroxyl groups is 2. The van der Waals surface area contributed by atoms with Crippen LogP contribution in [0.2, 0.25) is 0 Å². The summed E-state index contributed by atoms with van der Waals surface area (Å²) >= 11 is 0. The molecule has 0 aromatic rings. The van der Waals surface area contributed by atoms with Gasteiger partial charge in [-0.05, 0) is 69.9 Å². The predicted octanol–water partition coefficient (Wildman–Crippen LogP) is 2.06. The highest BCUT2D eigenvalue weighted by Crippen LogP contribution is 2.70. The largest absolute Gasteiger partial charge is 0.457 e. The van der Waals surface area contributed by atoms with Gasteiger partial charge in [0.25, 0.3) is 15.3 Å². The van der Waals surface area contributed by atoms with Crippen molar-refractivity contribution >= 4 is 23.5 Å². The summed E-state index contributed by atoms with van der Waals surface area (Å²) in [6.45, 7) is 0.827. The molecule has 0 aromatic heterocycles. The summed E-state index contributed by atoms with van der Waals surface area (Å²) < 4.78 is 28.6. The van der Waals surface area contributed by atoms with Crippen LogP contribution >= 0.6 is 0 Å². The Morgan fingerprint density at radius 1 is 0.962 bits per heavy atom. The Hall–Kier alpha value is -4.79. The van der Waals surface area contributed by atoms with Crippen LogP contribution in [-0.2, 0) is 43.2 Å². The molecular formula is C32H42FN3O17. The van der Waals surface area contributed by atoms with Crippen LogP contribution in [0.4, 0.5) is 4.39 Å². The van der Waals surface area contributed by atoms with Gasteiger partial charge in [-0.1, -0.05) is 25.0 Å². The molecule has 21 heteroatoms. The Balaban J connectivity index is 1.53. The second-order valence-corrected chi connectivity index (χ2v) is 14.2. The van der Waals surface area contributed by atoms with Crippen molar-refractivity contribution in [1.82, 2.24) is 0 Å². The van der Waals surface area contributed by atoms with E-state index >= 15 is 4.39 Å². The van der Waals surface area contributed by atoms with Crippen molar-refractivity contribution in [3.05, 3.63) is 54.1 Å². The lowest BCUT2D eigenvalue weighted by atomic mass is 9.44. The molecule has 0 spiro atoms. The minimum Gasteiger partial charge on any atom is -0.457 e. The van der Waals surface area contributed by atoms with E-state index in [0.717, 1.165) is 0 Å². The third kappa shape index (κ3) is 7.94. The first kappa shape index (κ1) is 41.0. The molecule has 0 heterocycles. The highest BCUT2D eigenvalue weighted by Gasteiger charge is 2.78. The normalized spacial score (nSPS) is 33.2. The van der Waals surface area contributed by atoms with E-state index in [1.165, 1.54) is 25.2 Å². The summed E-state index contributed by atoms with van der Waals surface area (Å²) in [6, 6.07) is 0. The second kappa shape index (κ2) is 16.1. The van der Waals surface area contributed by atoms with Crippen LogP contribution in [0.25, 0.3) is 0 Å². The zero-order valence-electron chi connectivity index (χ0n) is 29.0. The van der Waals surface area contributed by atoms with Gasteiger partial charge in [0.1, 0.15) is 18.8 Å². The summed E-state index contributed by atoms with van der Waals surface area (Å²) in [5, 5.41) is 51.7. The second-order valence-electron chi connectivity index (χ2n) is 14.2. The molecule has 0 aromatic carbocycles. The number of ketones is 2. The number of rotatable bonds is 19. The summed E-state index contributed by atoms with van der Waals surface area (Å²) in [5.41, 5.74) is -7.34. The lowest BCUT2D eigenvalue weighted by Crippen LogP contribution is -2.70. The first-order valence-electron chi connectivity index (χ1n) is 17.1. The molecule has 0 aliphatic heterocycles. The molecular weight excluding hydrogens is 717 g/mol. The van der Waals surface area contributed by atoms with E-state index in [9.17, 15) is 59.7 Å². The Morgan fingerprint density at radius 2 is 1.64 bits per heavy atom. The van der Waals surface area contributed by atoms with E-state index in [-0.39, 0.29) is 57.1 Å². The molecule has 4 aliphatic carbocycles. The third-order valence-corrected chi connectivity index (χ3v) is 11.4. The topological polar surface area (TPSA) is 284 Å². The molecule has 0 saturated heterocycles. The van der Waals surface area contributed by atoms with Crippen molar-refractivity contribution < 1.29 is 73.0 Å². The van der Waals surface area contributed by atoms with Gasteiger partial charge >= 0.3 is 11.9 Å². The number of carbonyl (C=O) groups is 4. The lowest BCUT2D eigenvalue weighted by molar-refractivity contribution is -0.790. The van der Waals surface area contributed by atoms with Crippen LogP contribution in [-0.4, -0.2) is 98.4 Å². The van der Waals surface area contributed by atoms with E-state index in [0.29, 0.717) is 5.57 Å². The minimum atomic E-state index is -2.46. The molecule has 294 valence electrons. The summed E-state index contributed by atoms with van der Waals surface area (Å²) in [4.78, 5) is 96.6. The molecule has 4 aliphatic rings. The maximum atomic E-state index is 17.6. The van der Waals surface area contributed by atoms with Gasteiger partial charge in [0.15, 0.2) is 18.1 Å². The smallest absolute Gasteiger partial charge is 0.306 e. The van der Waals surface area contributed by atoms with Gasteiger partial charge in [-0.15, -0.1) is 30.3 Å². The highest BCUT2D eigenvalue weighted by molar-refractivity contribution is 6.01. The van der Waals surface area contributed by atoms with E-state index < -0.39 is 118 Å². The number of Topliss-reactive ketones (excluding diaryl/α,β-unsaturated/α-hetero) is 1. The van der Waals surface area contributed by atoms with Crippen LogP contribution in [0.3, 0.4) is 0 Å². The molecule has 3 fully saturated rings. The number of alkyl halides is 1. The van der Waals surface area contributed by atoms with E-state index in [4.69, 9.17) is 9.47 Å². The monoisotopic (exact) mass is 759 g/mol. The Kier molecular flexibility index (Phi) is 12.4. The van der Waals surface area contributed by atoms with Crippen molar-refractivity contribution in [2.45, 2.75) is 108 Å². The number of nitrogens with zero attached hydrogens (tertiary/aromatic N) is 3. The van der Waals surface area contributed by atoms with Crippen molar-refractivity contribution in [3.8, 4) is 0 Å². The SMILES string of the molecule is C[C@]12C=CC(=O)C=C1CCC1C3C[C@@H](O)[C@](OC(=O)CCCO[N+](=O)[O-])(C(=O)COC(=O)CCCCC(CO[N+](=O)[O-])O[N+](=O)[O-])[C@@]3(C)C[C@H](O)[C@@]12F. The van der Waals surface area contributed by atoms with E-state index in [2.05, 4.69) is 14.5 Å². The van der Waals surface area contributed by atoms with Crippen LogP contribution in [0.5, 0.6) is 0 Å². The van der Waals surface area contributed by atoms with Crippen LogP contribution < -0.4 is 0 Å². The van der Waals surface area contributed by atoms with Gasteiger partial charge < -0.3 is 34.2 Å². The van der Waals surface area contributed by atoms with Crippen molar-refractivity contribution in [2.24, 2.45) is 22.7 Å². The average Bonchev–Trinajstić information content (AvgIpc) is 3.29. The number of allylic oxidation sites excluding steroid dienone is 4. The Labute approximate surface area is 300 Å². The standard InChI is InChI=1S/C32H42FN3O17/c1-29-12-11-20(37)14-19(29)9-10-22-23-15-24(38)32(30(23,2)16-25(39)31(22,29)33,52-28(42)8-5-13-50-34(43)44)26(40)18-49-27(41)7-4-3-6-21(53-36(47)48)17-51-35(45)46/h11-12,14,21-25,38-39H,3-10,13,15-18H2,1-2H3/t21?,22?,23?,24-,25+,29+,30+,31+,32+/m1/s1. The van der Waals surface area contributed by atoms with Gasteiger partial charge in [0.2, 0.25) is 11.4 Å². The number of carbonyl (C=O) groups excluding carboxylic acids is 4. The van der Waals surface area contributed by atoms with Crippen LogP contribution in [0.15, 0.2) is 23.8 Å². The van der Waals surface area contributed by atoms with E-state index in [1.807, 2.05) is 0 Å². The molecule has 0 radical (unpaired) electrons. The molecule has 3 unspecified atom stereocenters. The Bertz CT molecular complexity index is 1560. The van der Waals surface area contributed by atoms with Gasteiger partial charge in [-0.2, -0.15) is 0 Å². The fourth-order valence-corrected chi connectivity index (χ4v) is 8.94. The van der Waals surface area contributed by atoms with Crippen molar-refractivity contribution in [3.63, 3.8) is 0 Å². The lowest BCUT2D eigenvalue weighted by Gasteiger charge is -2.62. The number of hydrogen-bond donors (Lipinski definition) is 2. The highest BCUT2D eigenvalue weighted by atomic mass is 19.1. The number of aliphatic hydroxyl groups excluding tert-OH is 2.